The van der Waals surface area contributed by atoms with Crippen molar-refractivity contribution in [2.75, 3.05) is 31.8 Å². The third-order valence-electron chi connectivity index (χ3n) is 4.60. The minimum Gasteiger partial charge on any atom is -0.465 e. The average Bonchev–Trinajstić information content (AvgIpc) is 3.27. The number of thiocarbonyl (C=S) groups is 1. The first kappa shape index (κ1) is 25.2. The predicted octanol–water partition coefficient (Wildman–Crippen LogP) is 5.01. The fraction of sp³-hybridized carbons (Fsp3) is 0.238. The molecule has 0 saturated carbocycles. The van der Waals surface area contributed by atoms with Crippen LogP contribution in [0.3, 0.4) is 0 Å². The molecule has 3 aromatic rings. The molecule has 0 bridgehead atoms. The summed E-state index contributed by atoms with van der Waals surface area (Å²) in [7, 11) is 4.58. The zero-order valence-corrected chi connectivity index (χ0v) is 22.2. The van der Waals surface area contributed by atoms with Crippen LogP contribution >= 0.6 is 51.1 Å². The average molecular weight is 571 g/mol. The van der Waals surface area contributed by atoms with Crippen molar-refractivity contribution in [2.24, 2.45) is 0 Å². The predicted molar refractivity (Wildman–Crippen MR) is 139 cm³/mol. The quantitative estimate of drug-likeness (QED) is 0.318. The second-order valence-corrected chi connectivity index (χ2v) is 9.84. The van der Waals surface area contributed by atoms with Crippen LogP contribution in [0.25, 0.3) is 0 Å². The molecule has 0 aliphatic rings. The van der Waals surface area contributed by atoms with Crippen LogP contribution in [0.4, 0.5) is 10.8 Å². The number of benzene rings is 1. The number of anilines is 2. The topological polar surface area (TPSA) is 88.5 Å². The highest BCUT2D eigenvalue weighted by Gasteiger charge is 2.26. The molecule has 2 N–H and O–H groups in total. The van der Waals surface area contributed by atoms with E-state index in [2.05, 4.69) is 31.7 Å². The summed E-state index contributed by atoms with van der Waals surface area (Å²) < 4.78 is 7.32. The SMILES string of the molecule is COC(=O)c1c(NC(=S)Nc2nn(Cc3ccccc3Cl)cc2Br)sc(C(=O)N(C)C)c1C. The Kier molecular flexibility index (Phi) is 8.11. The maximum Gasteiger partial charge on any atom is 0.341 e. The molecule has 33 heavy (non-hydrogen) atoms. The van der Waals surface area contributed by atoms with Gasteiger partial charge in [-0.25, -0.2) is 4.79 Å². The van der Waals surface area contributed by atoms with Gasteiger partial charge in [-0.1, -0.05) is 29.8 Å². The molecule has 0 fully saturated rings. The van der Waals surface area contributed by atoms with Crippen molar-refractivity contribution >= 4 is 78.9 Å². The molecule has 0 spiro atoms. The number of nitrogens with zero attached hydrogens (tertiary/aromatic N) is 3. The summed E-state index contributed by atoms with van der Waals surface area (Å²) in [5.74, 6) is -0.287. The van der Waals surface area contributed by atoms with Crippen LogP contribution in [-0.2, 0) is 11.3 Å². The molecule has 2 heterocycles. The molecule has 12 heteroatoms. The lowest BCUT2D eigenvalue weighted by molar-refractivity contribution is 0.0601. The molecule has 3 rings (SSSR count). The Morgan fingerprint density at radius 2 is 2.00 bits per heavy atom. The summed E-state index contributed by atoms with van der Waals surface area (Å²) in [5.41, 5.74) is 1.72. The summed E-state index contributed by atoms with van der Waals surface area (Å²) in [5, 5.41) is 11.8. The van der Waals surface area contributed by atoms with E-state index in [1.54, 1.807) is 31.9 Å². The molecule has 0 saturated heterocycles. The van der Waals surface area contributed by atoms with Crippen molar-refractivity contribution in [3.05, 3.63) is 61.5 Å². The monoisotopic (exact) mass is 569 g/mol. The molecule has 1 amide bonds. The number of nitrogens with one attached hydrogen (secondary N) is 2. The molecular formula is C21H21BrClN5O3S2. The highest BCUT2D eigenvalue weighted by Crippen LogP contribution is 2.34. The van der Waals surface area contributed by atoms with Gasteiger partial charge >= 0.3 is 5.97 Å². The van der Waals surface area contributed by atoms with Crippen molar-refractivity contribution in [2.45, 2.75) is 13.5 Å². The third kappa shape index (κ3) is 5.72. The summed E-state index contributed by atoms with van der Waals surface area (Å²) in [6, 6.07) is 7.53. The number of rotatable bonds is 6. The molecule has 0 aliphatic heterocycles. The van der Waals surface area contributed by atoms with Crippen LogP contribution in [0.15, 0.2) is 34.9 Å². The number of hydrogen-bond donors (Lipinski definition) is 2. The van der Waals surface area contributed by atoms with Gasteiger partial charge in [0.1, 0.15) is 5.00 Å². The first-order valence-electron chi connectivity index (χ1n) is 9.60. The number of halogens is 2. The maximum atomic E-state index is 12.5. The molecular weight excluding hydrogens is 550 g/mol. The Balaban J connectivity index is 1.80. The Morgan fingerprint density at radius 1 is 1.30 bits per heavy atom. The van der Waals surface area contributed by atoms with E-state index in [1.165, 1.54) is 12.0 Å². The molecule has 0 atom stereocenters. The smallest absolute Gasteiger partial charge is 0.341 e. The largest absolute Gasteiger partial charge is 0.465 e. The van der Waals surface area contributed by atoms with E-state index in [-0.39, 0.29) is 16.6 Å². The molecule has 2 aromatic heterocycles. The number of amides is 1. The number of thiophene rings is 1. The van der Waals surface area contributed by atoms with Gasteiger partial charge in [0, 0.05) is 25.3 Å². The van der Waals surface area contributed by atoms with Crippen LogP contribution in [0.1, 0.15) is 31.2 Å². The lowest BCUT2D eigenvalue weighted by atomic mass is 10.1. The van der Waals surface area contributed by atoms with E-state index in [9.17, 15) is 9.59 Å². The van der Waals surface area contributed by atoms with E-state index in [0.29, 0.717) is 37.3 Å². The standard InChI is InChI=1S/C21H21BrClN5O3S2/c1-11-15(20(30)31-4)18(33-16(11)19(29)27(2)3)25-21(32)24-17-13(22)10-28(26-17)9-12-7-5-6-8-14(12)23/h5-8,10H,9H2,1-4H3,(H2,24,25,26,32). The van der Waals surface area contributed by atoms with Crippen LogP contribution in [0.5, 0.6) is 0 Å². The van der Waals surface area contributed by atoms with Crippen molar-refractivity contribution in [1.29, 1.82) is 0 Å². The molecule has 174 valence electrons. The summed E-state index contributed by atoms with van der Waals surface area (Å²) in [6.45, 7) is 2.18. The fourth-order valence-corrected chi connectivity index (χ4v) is 5.06. The first-order chi connectivity index (χ1) is 15.6. The van der Waals surface area contributed by atoms with Crippen LogP contribution in [-0.4, -0.2) is 52.9 Å². The number of hydrogen-bond acceptors (Lipinski definition) is 6. The normalized spacial score (nSPS) is 10.6. The highest BCUT2D eigenvalue weighted by molar-refractivity contribution is 9.10. The van der Waals surface area contributed by atoms with Crippen LogP contribution in [0, 0.1) is 6.92 Å². The number of aromatic nitrogens is 2. The van der Waals surface area contributed by atoms with Gasteiger partial charge in [-0.15, -0.1) is 11.3 Å². The van der Waals surface area contributed by atoms with Crippen molar-refractivity contribution in [1.82, 2.24) is 14.7 Å². The molecule has 0 radical (unpaired) electrons. The van der Waals surface area contributed by atoms with Gasteiger partial charge in [0.05, 0.1) is 28.6 Å². The number of methoxy groups -OCH3 is 1. The second-order valence-electron chi connectivity index (χ2n) is 7.15. The van der Waals surface area contributed by atoms with E-state index in [4.69, 9.17) is 28.6 Å². The third-order valence-corrected chi connectivity index (χ3v) is 6.95. The number of esters is 1. The van der Waals surface area contributed by atoms with E-state index >= 15 is 0 Å². The Morgan fingerprint density at radius 3 is 2.64 bits per heavy atom. The van der Waals surface area contributed by atoms with E-state index in [1.807, 2.05) is 24.3 Å². The lowest BCUT2D eigenvalue weighted by Crippen LogP contribution is -2.21. The van der Waals surface area contributed by atoms with Gasteiger partial charge in [0.15, 0.2) is 10.9 Å². The number of carbonyl (C=O) groups is 2. The second kappa shape index (κ2) is 10.6. The van der Waals surface area contributed by atoms with Gasteiger partial charge in [-0.2, -0.15) is 5.10 Å². The lowest BCUT2D eigenvalue weighted by Gasteiger charge is -2.09. The zero-order chi connectivity index (χ0) is 24.3. The minimum atomic E-state index is -0.558. The molecule has 1 aromatic carbocycles. The van der Waals surface area contributed by atoms with Gasteiger partial charge in [-0.3, -0.25) is 9.48 Å². The van der Waals surface area contributed by atoms with Crippen molar-refractivity contribution < 1.29 is 14.3 Å². The molecule has 0 unspecified atom stereocenters. The van der Waals surface area contributed by atoms with Gasteiger partial charge in [0.25, 0.3) is 5.91 Å². The van der Waals surface area contributed by atoms with Crippen LogP contribution < -0.4 is 10.6 Å². The summed E-state index contributed by atoms with van der Waals surface area (Å²) >= 11 is 16.3. The number of ether oxygens (including phenoxy) is 1. The van der Waals surface area contributed by atoms with Crippen LogP contribution in [0.2, 0.25) is 5.02 Å². The molecule has 0 aliphatic carbocycles. The van der Waals surface area contributed by atoms with Gasteiger partial charge < -0.3 is 20.3 Å². The highest BCUT2D eigenvalue weighted by atomic mass is 79.9. The van der Waals surface area contributed by atoms with Gasteiger partial charge in [-0.05, 0) is 52.3 Å². The van der Waals surface area contributed by atoms with E-state index in [0.717, 1.165) is 16.9 Å². The van der Waals surface area contributed by atoms with Crippen molar-refractivity contribution in [3.8, 4) is 0 Å². The number of carbonyl (C=O) groups excluding carboxylic acids is 2. The maximum absolute atomic E-state index is 12.5. The Labute approximate surface area is 214 Å². The fourth-order valence-electron chi connectivity index (χ4n) is 2.96. The zero-order valence-electron chi connectivity index (χ0n) is 18.2. The first-order valence-corrected chi connectivity index (χ1v) is 12.0. The van der Waals surface area contributed by atoms with E-state index < -0.39 is 5.97 Å². The summed E-state index contributed by atoms with van der Waals surface area (Å²) in [6.07, 6.45) is 1.80. The molecule has 8 nitrogen and oxygen atoms in total. The minimum absolute atomic E-state index is 0.203. The Hall–Kier alpha value is -2.47. The van der Waals surface area contributed by atoms with Crippen molar-refractivity contribution in [3.63, 3.8) is 0 Å². The summed E-state index contributed by atoms with van der Waals surface area (Å²) in [4.78, 5) is 26.8. The van der Waals surface area contributed by atoms with Gasteiger partial charge in [0.2, 0.25) is 0 Å². The Bertz CT molecular complexity index is 1220.